The van der Waals surface area contributed by atoms with Gasteiger partial charge >= 0.3 is 12.1 Å². The number of benzene rings is 2. The number of rotatable bonds is 8. The van der Waals surface area contributed by atoms with E-state index in [4.69, 9.17) is 9.84 Å². The second-order valence-corrected chi connectivity index (χ2v) is 6.91. The van der Waals surface area contributed by atoms with Crippen LogP contribution in [-0.4, -0.2) is 29.8 Å². The van der Waals surface area contributed by atoms with Crippen molar-refractivity contribution in [2.24, 2.45) is 0 Å². The van der Waals surface area contributed by atoms with E-state index in [0.29, 0.717) is 6.42 Å². The number of carbonyl (C=O) groups excluding carboxylic acids is 1. The van der Waals surface area contributed by atoms with Crippen LogP contribution < -0.4 is 5.32 Å². The predicted molar refractivity (Wildman–Crippen MR) is 104 cm³/mol. The van der Waals surface area contributed by atoms with Crippen molar-refractivity contribution >= 4 is 12.1 Å². The first-order valence-corrected chi connectivity index (χ1v) is 9.43. The summed E-state index contributed by atoms with van der Waals surface area (Å²) in [6, 6.07) is 15.9. The van der Waals surface area contributed by atoms with Crippen LogP contribution in [0.25, 0.3) is 11.1 Å². The zero-order valence-corrected chi connectivity index (χ0v) is 15.5. The SMILES string of the molecule is CCCCC(CC(=O)O)NC(=O)OCC1c2ccccc2-c2ccccc21. The summed E-state index contributed by atoms with van der Waals surface area (Å²) in [4.78, 5) is 23.3. The van der Waals surface area contributed by atoms with Gasteiger partial charge in [0.2, 0.25) is 0 Å². The van der Waals surface area contributed by atoms with Gasteiger partial charge in [-0.3, -0.25) is 4.79 Å². The molecule has 0 heterocycles. The smallest absolute Gasteiger partial charge is 0.407 e. The molecule has 142 valence electrons. The Morgan fingerprint density at radius 1 is 1.07 bits per heavy atom. The highest BCUT2D eigenvalue weighted by Gasteiger charge is 2.29. The number of aliphatic carboxylic acids is 1. The van der Waals surface area contributed by atoms with Crippen LogP contribution in [0.3, 0.4) is 0 Å². The van der Waals surface area contributed by atoms with Crippen LogP contribution in [0.1, 0.15) is 49.7 Å². The Morgan fingerprint density at radius 2 is 1.67 bits per heavy atom. The Hall–Kier alpha value is -2.82. The lowest BCUT2D eigenvalue weighted by Crippen LogP contribution is -2.37. The third kappa shape index (κ3) is 4.48. The van der Waals surface area contributed by atoms with Crippen molar-refractivity contribution < 1.29 is 19.4 Å². The molecule has 0 spiro atoms. The minimum atomic E-state index is -0.921. The van der Waals surface area contributed by atoms with Gasteiger partial charge in [-0.1, -0.05) is 68.3 Å². The predicted octanol–water partition coefficient (Wildman–Crippen LogP) is 4.56. The maximum atomic E-state index is 12.3. The Balaban J connectivity index is 1.65. The lowest BCUT2D eigenvalue weighted by molar-refractivity contribution is -0.137. The molecule has 1 aliphatic carbocycles. The average molecular weight is 367 g/mol. The monoisotopic (exact) mass is 367 g/mol. The molecule has 2 aromatic carbocycles. The summed E-state index contributed by atoms with van der Waals surface area (Å²) >= 11 is 0. The van der Waals surface area contributed by atoms with Gasteiger partial charge in [0.15, 0.2) is 0 Å². The zero-order chi connectivity index (χ0) is 19.2. The van der Waals surface area contributed by atoms with Crippen molar-refractivity contribution in [3.63, 3.8) is 0 Å². The summed E-state index contributed by atoms with van der Waals surface area (Å²) in [5, 5.41) is 11.7. The normalized spacial score (nSPS) is 13.5. The largest absolute Gasteiger partial charge is 0.481 e. The molecule has 0 bridgehead atoms. The molecule has 1 amide bonds. The first-order valence-electron chi connectivity index (χ1n) is 9.43. The molecule has 1 atom stereocenters. The summed E-state index contributed by atoms with van der Waals surface area (Å²) in [6.45, 7) is 2.26. The number of unbranched alkanes of at least 4 members (excludes halogenated alkanes) is 1. The highest BCUT2D eigenvalue weighted by Crippen LogP contribution is 2.44. The summed E-state index contributed by atoms with van der Waals surface area (Å²) in [5.41, 5.74) is 4.65. The molecule has 27 heavy (non-hydrogen) atoms. The summed E-state index contributed by atoms with van der Waals surface area (Å²) in [5.74, 6) is -0.924. The molecule has 5 nitrogen and oxygen atoms in total. The quantitative estimate of drug-likeness (QED) is 0.717. The molecule has 0 aromatic heterocycles. The minimum Gasteiger partial charge on any atom is -0.481 e. The van der Waals surface area contributed by atoms with Gasteiger partial charge in [-0.25, -0.2) is 4.79 Å². The third-order valence-electron chi connectivity index (χ3n) is 4.99. The maximum Gasteiger partial charge on any atom is 0.407 e. The number of fused-ring (bicyclic) bond motifs is 3. The standard InChI is InChI=1S/C22H25NO4/c1-2-3-8-15(13-21(24)25)23-22(26)27-14-20-18-11-6-4-9-16(18)17-10-5-7-12-19(17)20/h4-7,9-12,15,20H,2-3,8,13-14H2,1H3,(H,23,26)(H,24,25). The Labute approximate surface area is 159 Å². The van der Waals surface area contributed by atoms with E-state index in [9.17, 15) is 9.59 Å². The first-order chi connectivity index (χ1) is 13.1. The number of ether oxygens (including phenoxy) is 1. The molecule has 1 unspecified atom stereocenters. The first kappa shape index (κ1) is 19.0. The molecule has 2 aromatic rings. The molecule has 3 rings (SSSR count). The molecule has 5 heteroatoms. The fraction of sp³-hybridized carbons (Fsp3) is 0.364. The van der Waals surface area contributed by atoms with E-state index in [1.165, 1.54) is 11.1 Å². The van der Waals surface area contributed by atoms with Crippen LogP contribution in [0.5, 0.6) is 0 Å². The van der Waals surface area contributed by atoms with Crippen LogP contribution >= 0.6 is 0 Å². The van der Waals surface area contributed by atoms with Crippen molar-refractivity contribution in [1.29, 1.82) is 0 Å². The Kier molecular flexibility index (Phi) is 6.12. The second kappa shape index (κ2) is 8.71. The summed E-state index contributed by atoms with van der Waals surface area (Å²) in [7, 11) is 0. The average Bonchev–Trinajstić information content (AvgIpc) is 2.98. The number of nitrogens with one attached hydrogen (secondary N) is 1. The van der Waals surface area contributed by atoms with E-state index in [2.05, 4.69) is 29.6 Å². The second-order valence-electron chi connectivity index (χ2n) is 6.91. The molecular formula is C22H25NO4. The van der Waals surface area contributed by atoms with Gasteiger partial charge < -0.3 is 15.2 Å². The number of amides is 1. The van der Waals surface area contributed by atoms with Crippen molar-refractivity contribution in [3.05, 3.63) is 59.7 Å². The Morgan fingerprint density at radius 3 is 2.22 bits per heavy atom. The fourth-order valence-corrected chi connectivity index (χ4v) is 3.69. The number of carboxylic acid groups (broad SMARTS) is 1. The highest BCUT2D eigenvalue weighted by molar-refractivity contribution is 5.79. The molecule has 2 N–H and O–H groups in total. The van der Waals surface area contributed by atoms with Crippen LogP contribution in [-0.2, 0) is 9.53 Å². The van der Waals surface area contributed by atoms with E-state index in [-0.39, 0.29) is 18.9 Å². The van der Waals surface area contributed by atoms with Gasteiger partial charge in [0.25, 0.3) is 0 Å². The van der Waals surface area contributed by atoms with Gasteiger partial charge in [-0.05, 0) is 28.7 Å². The van der Waals surface area contributed by atoms with Crippen molar-refractivity contribution in [2.75, 3.05) is 6.61 Å². The van der Waals surface area contributed by atoms with Crippen LogP contribution in [0.2, 0.25) is 0 Å². The van der Waals surface area contributed by atoms with Gasteiger partial charge in [0.05, 0.1) is 6.42 Å². The molecule has 0 fully saturated rings. The van der Waals surface area contributed by atoms with Gasteiger partial charge in [0.1, 0.15) is 6.61 Å². The van der Waals surface area contributed by atoms with Crippen LogP contribution in [0.15, 0.2) is 48.5 Å². The summed E-state index contributed by atoms with van der Waals surface area (Å²) in [6.07, 6.45) is 1.79. The lowest BCUT2D eigenvalue weighted by atomic mass is 9.98. The topological polar surface area (TPSA) is 75.6 Å². The molecule has 1 aliphatic rings. The maximum absolute atomic E-state index is 12.3. The number of hydrogen-bond donors (Lipinski definition) is 2. The van der Waals surface area contributed by atoms with E-state index in [1.807, 2.05) is 31.2 Å². The highest BCUT2D eigenvalue weighted by atomic mass is 16.5. The van der Waals surface area contributed by atoms with Gasteiger partial charge in [-0.2, -0.15) is 0 Å². The van der Waals surface area contributed by atoms with Crippen molar-refractivity contribution in [2.45, 2.75) is 44.6 Å². The van der Waals surface area contributed by atoms with Crippen LogP contribution in [0, 0.1) is 0 Å². The van der Waals surface area contributed by atoms with Crippen molar-refractivity contribution in [3.8, 4) is 11.1 Å². The lowest BCUT2D eigenvalue weighted by Gasteiger charge is -2.18. The molecule has 0 saturated carbocycles. The molecule has 0 radical (unpaired) electrons. The number of hydrogen-bond acceptors (Lipinski definition) is 3. The minimum absolute atomic E-state index is 0.00304. The van der Waals surface area contributed by atoms with Crippen LogP contribution in [0.4, 0.5) is 4.79 Å². The number of carbonyl (C=O) groups is 2. The number of alkyl carbamates (subject to hydrolysis) is 1. The van der Waals surface area contributed by atoms with E-state index in [1.54, 1.807) is 0 Å². The summed E-state index contributed by atoms with van der Waals surface area (Å²) < 4.78 is 5.49. The van der Waals surface area contributed by atoms with Gasteiger partial charge in [0, 0.05) is 12.0 Å². The van der Waals surface area contributed by atoms with E-state index >= 15 is 0 Å². The third-order valence-corrected chi connectivity index (χ3v) is 4.99. The fourth-order valence-electron chi connectivity index (χ4n) is 3.69. The zero-order valence-electron chi connectivity index (χ0n) is 15.5. The van der Waals surface area contributed by atoms with Crippen molar-refractivity contribution in [1.82, 2.24) is 5.32 Å². The Bertz CT molecular complexity index is 772. The van der Waals surface area contributed by atoms with E-state index in [0.717, 1.165) is 24.0 Å². The molecular weight excluding hydrogens is 342 g/mol. The van der Waals surface area contributed by atoms with E-state index < -0.39 is 18.1 Å². The number of carboxylic acids is 1. The molecule has 0 saturated heterocycles. The van der Waals surface area contributed by atoms with Gasteiger partial charge in [-0.15, -0.1) is 0 Å². The molecule has 0 aliphatic heterocycles.